The van der Waals surface area contributed by atoms with Crippen LogP contribution in [0.25, 0.3) is 38.8 Å². The monoisotopic (exact) mass is 361 g/mol. The summed E-state index contributed by atoms with van der Waals surface area (Å²) in [6, 6.07) is 18.8. The predicted molar refractivity (Wildman–Crippen MR) is 97.3 cm³/mol. The molecule has 5 aromatic rings. The van der Waals surface area contributed by atoms with E-state index in [9.17, 15) is 0 Å². The fraction of sp³-hybridized carbons (Fsp3) is 0.0526. The van der Waals surface area contributed by atoms with E-state index < -0.39 is 0 Å². The van der Waals surface area contributed by atoms with Crippen LogP contribution in [0.4, 0.5) is 0 Å². The summed E-state index contributed by atoms with van der Waals surface area (Å²) >= 11 is 3.57. The van der Waals surface area contributed by atoms with Crippen molar-refractivity contribution < 1.29 is 0 Å². The van der Waals surface area contributed by atoms with Crippen LogP contribution >= 0.6 is 15.9 Å². The minimum absolute atomic E-state index is 0.819. The maximum Gasteiger partial charge on any atom is 0.138 e. The van der Waals surface area contributed by atoms with Crippen LogP contribution in [0.5, 0.6) is 0 Å². The van der Waals surface area contributed by atoms with Crippen LogP contribution in [-0.4, -0.2) is 14.4 Å². The van der Waals surface area contributed by atoms with Gasteiger partial charge in [0.15, 0.2) is 0 Å². The molecule has 0 N–H and O–H groups in total. The molecule has 0 spiro atoms. The van der Waals surface area contributed by atoms with Crippen molar-refractivity contribution in [3.05, 3.63) is 66.4 Å². The van der Waals surface area contributed by atoms with E-state index in [0.717, 1.165) is 27.9 Å². The summed E-state index contributed by atoms with van der Waals surface area (Å²) in [7, 11) is 0. The first-order chi connectivity index (χ1) is 11.4. The van der Waals surface area contributed by atoms with E-state index in [1.54, 1.807) is 0 Å². The van der Waals surface area contributed by atoms with Crippen molar-refractivity contribution in [3.8, 4) is 11.4 Å². The molecule has 4 aromatic heterocycles. The van der Waals surface area contributed by atoms with E-state index in [1.165, 1.54) is 21.9 Å². The quantitative estimate of drug-likeness (QED) is 0.412. The van der Waals surface area contributed by atoms with Crippen LogP contribution < -0.4 is 0 Å². The van der Waals surface area contributed by atoms with Gasteiger partial charge in [0.05, 0.1) is 16.7 Å². The number of pyridine rings is 2. The van der Waals surface area contributed by atoms with Crippen LogP contribution in [0.15, 0.2) is 60.8 Å². The van der Waals surface area contributed by atoms with Crippen LogP contribution in [0.1, 0.15) is 5.56 Å². The summed E-state index contributed by atoms with van der Waals surface area (Å²) in [5.41, 5.74) is 6.41. The minimum atomic E-state index is 0.819. The van der Waals surface area contributed by atoms with Crippen molar-refractivity contribution in [1.82, 2.24) is 14.4 Å². The highest BCUT2D eigenvalue weighted by Crippen LogP contribution is 2.37. The van der Waals surface area contributed by atoms with Gasteiger partial charge in [-0.3, -0.25) is 9.38 Å². The molecule has 1 aromatic carbocycles. The molecule has 0 bridgehead atoms. The number of hydrogen-bond donors (Lipinski definition) is 0. The van der Waals surface area contributed by atoms with Gasteiger partial charge in [-0.15, -0.1) is 0 Å². The topological polar surface area (TPSA) is 30.2 Å². The number of alkyl halides is 1. The van der Waals surface area contributed by atoms with Crippen molar-refractivity contribution in [3.63, 3.8) is 0 Å². The zero-order valence-electron chi connectivity index (χ0n) is 12.2. The third-order valence-electron chi connectivity index (χ3n) is 4.30. The molecule has 0 radical (unpaired) electrons. The van der Waals surface area contributed by atoms with Crippen molar-refractivity contribution >= 4 is 43.4 Å². The molecule has 5 rings (SSSR count). The summed E-state index contributed by atoms with van der Waals surface area (Å²) in [6.07, 6.45) is 1.82. The number of benzene rings is 1. The summed E-state index contributed by atoms with van der Waals surface area (Å²) in [6.45, 7) is 0. The molecule has 0 saturated carbocycles. The van der Waals surface area contributed by atoms with Crippen molar-refractivity contribution in [2.75, 3.05) is 0 Å². The van der Waals surface area contributed by atoms with Crippen molar-refractivity contribution in [1.29, 1.82) is 0 Å². The Morgan fingerprint density at radius 2 is 1.78 bits per heavy atom. The number of hydrogen-bond acceptors (Lipinski definition) is 2. The van der Waals surface area contributed by atoms with E-state index in [0.29, 0.717) is 0 Å². The Kier molecular flexibility index (Phi) is 2.70. The lowest BCUT2D eigenvalue weighted by atomic mass is 10.1. The van der Waals surface area contributed by atoms with Gasteiger partial charge in [-0.25, -0.2) is 4.98 Å². The smallest absolute Gasteiger partial charge is 0.138 e. The van der Waals surface area contributed by atoms with Crippen LogP contribution in [0.2, 0.25) is 0 Å². The van der Waals surface area contributed by atoms with Gasteiger partial charge in [0.1, 0.15) is 11.3 Å². The van der Waals surface area contributed by atoms with Crippen LogP contribution in [0.3, 0.4) is 0 Å². The Morgan fingerprint density at radius 1 is 0.957 bits per heavy atom. The maximum atomic E-state index is 4.88. The van der Waals surface area contributed by atoms with E-state index in [-0.39, 0.29) is 0 Å². The Bertz CT molecular complexity index is 1150. The van der Waals surface area contributed by atoms with Gasteiger partial charge in [0, 0.05) is 22.3 Å². The standard InChI is InChI=1S/C19H12BrN3/c20-11-12-9-16-13-5-1-2-6-14(13)19-18(15-7-3-4-8-21-15)22-17(10-12)23(16)19/h1-10H,11H2. The molecular weight excluding hydrogens is 350 g/mol. The van der Waals surface area contributed by atoms with Gasteiger partial charge in [0.25, 0.3) is 0 Å². The van der Waals surface area contributed by atoms with Crippen molar-refractivity contribution in [2.45, 2.75) is 5.33 Å². The zero-order chi connectivity index (χ0) is 15.4. The second-order valence-corrected chi connectivity index (χ2v) is 6.21. The minimum Gasteiger partial charge on any atom is -0.291 e. The molecule has 3 nitrogen and oxygen atoms in total. The lowest BCUT2D eigenvalue weighted by molar-refractivity contribution is 1.27. The van der Waals surface area contributed by atoms with Gasteiger partial charge in [-0.05, 0) is 29.8 Å². The van der Waals surface area contributed by atoms with E-state index >= 15 is 0 Å². The van der Waals surface area contributed by atoms with Crippen LogP contribution in [-0.2, 0) is 5.33 Å². The van der Waals surface area contributed by atoms with Crippen molar-refractivity contribution in [2.24, 2.45) is 0 Å². The summed E-state index contributed by atoms with van der Waals surface area (Å²) in [5.74, 6) is 0. The van der Waals surface area contributed by atoms with Gasteiger partial charge < -0.3 is 0 Å². The Labute approximate surface area is 141 Å². The van der Waals surface area contributed by atoms with Gasteiger partial charge in [-0.1, -0.05) is 46.3 Å². The number of rotatable bonds is 2. The maximum absolute atomic E-state index is 4.88. The second kappa shape index (κ2) is 4.77. The molecular formula is C19H12BrN3. The number of nitrogens with zero attached hydrogens (tertiary/aromatic N) is 3. The predicted octanol–water partition coefficient (Wildman–Crippen LogP) is 5.04. The molecule has 0 aliphatic carbocycles. The molecule has 0 aliphatic rings. The summed E-state index contributed by atoms with van der Waals surface area (Å²) in [5, 5.41) is 3.30. The second-order valence-electron chi connectivity index (χ2n) is 5.65. The molecule has 110 valence electrons. The molecule has 0 fully saturated rings. The highest BCUT2D eigenvalue weighted by molar-refractivity contribution is 9.08. The average Bonchev–Trinajstić information content (AvgIpc) is 3.16. The summed E-state index contributed by atoms with van der Waals surface area (Å²) < 4.78 is 2.25. The normalized spacial score (nSPS) is 11.9. The fourth-order valence-corrected chi connectivity index (χ4v) is 3.67. The third kappa shape index (κ3) is 1.75. The molecule has 0 saturated heterocycles. The van der Waals surface area contributed by atoms with Crippen LogP contribution in [0, 0.1) is 0 Å². The number of fused-ring (bicyclic) bond motifs is 3. The van der Waals surface area contributed by atoms with E-state index in [2.05, 4.69) is 61.7 Å². The summed E-state index contributed by atoms with van der Waals surface area (Å²) in [4.78, 5) is 9.39. The van der Waals surface area contributed by atoms with Gasteiger partial charge in [-0.2, -0.15) is 0 Å². The third-order valence-corrected chi connectivity index (χ3v) is 4.95. The number of aromatic nitrogens is 3. The molecule has 4 heteroatoms. The highest BCUT2D eigenvalue weighted by Gasteiger charge is 2.19. The SMILES string of the molecule is BrCc1cc2nc(-c3ccccn3)c3c4ccccc4c(c1)n23. The van der Waals surface area contributed by atoms with Gasteiger partial charge >= 0.3 is 0 Å². The lowest BCUT2D eigenvalue weighted by Crippen LogP contribution is -1.86. The fourth-order valence-electron chi connectivity index (χ4n) is 3.34. The lowest BCUT2D eigenvalue weighted by Gasteiger charge is -1.99. The molecule has 0 amide bonds. The Balaban J connectivity index is 2.04. The number of imidazole rings is 1. The first-order valence-corrected chi connectivity index (χ1v) is 8.61. The highest BCUT2D eigenvalue weighted by atomic mass is 79.9. The van der Waals surface area contributed by atoms with E-state index in [4.69, 9.17) is 4.98 Å². The first-order valence-electron chi connectivity index (χ1n) is 7.49. The average molecular weight is 362 g/mol. The zero-order valence-corrected chi connectivity index (χ0v) is 13.8. The Hall–Kier alpha value is -2.46. The molecule has 23 heavy (non-hydrogen) atoms. The molecule has 0 unspecified atom stereocenters. The first kappa shape index (κ1) is 13.0. The largest absolute Gasteiger partial charge is 0.291 e. The van der Waals surface area contributed by atoms with Gasteiger partial charge in [0.2, 0.25) is 0 Å². The van der Waals surface area contributed by atoms with E-state index in [1.807, 2.05) is 24.4 Å². The Morgan fingerprint density at radius 3 is 2.57 bits per heavy atom. The molecule has 0 atom stereocenters. The molecule has 0 aliphatic heterocycles. The molecule has 4 heterocycles. The number of halogens is 1.